The van der Waals surface area contributed by atoms with Gasteiger partial charge in [-0.3, -0.25) is 0 Å². The van der Waals surface area contributed by atoms with Crippen molar-refractivity contribution in [1.29, 1.82) is 5.41 Å². The van der Waals surface area contributed by atoms with Gasteiger partial charge in [-0.15, -0.1) is 0 Å². The molecule has 0 radical (unpaired) electrons. The molecule has 0 amide bonds. The van der Waals surface area contributed by atoms with E-state index >= 15 is 0 Å². The smallest absolute Gasteiger partial charge is 0.0918 e. The summed E-state index contributed by atoms with van der Waals surface area (Å²) in [6.45, 7) is 0. The van der Waals surface area contributed by atoms with Gasteiger partial charge in [0.25, 0.3) is 0 Å². The number of rotatable bonds is 1. The van der Waals surface area contributed by atoms with E-state index in [2.05, 4.69) is 27.6 Å². The first-order valence-electron chi connectivity index (χ1n) is 2.71. The van der Waals surface area contributed by atoms with Gasteiger partial charge in [0.1, 0.15) is 0 Å². The largest absolute Gasteiger partial charge is 0.241 e. The highest BCUT2D eigenvalue weighted by molar-refractivity contribution is 14.1. The maximum absolute atomic E-state index is 6.58. The van der Waals surface area contributed by atoms with E-state index in [9.17, 15) is 0 Å². The monoisotopic (exact) mass is 244 g/mol. The Balaban J connectivity index is 3.00. The molecule has 0 aliphatic rings. The topological polar surface area (TPSA) is 36.2 Å². The summed E-state index contributed by atoms with van der Waals surface area (Å²) in [4.78, 5) is 3.66. The minimum absolute atomic E-state index is 0.774. The Morgan fingerprint density at radius 3 is 2.40 bits per heavy atom. The number of halogens is 1. The number of hydrogen-bond donors (Lipinski definition) is 1. The molecule has 0 saturated heterocycles. The van der Waals surface area contributed by atoms with Gasteiger partial charge in [-0.1, -0.05) is 0 Å². The van der Waals surface area contributed by atoms with E-state index in [1.54, 1.807) is 0 Å². The minimum Gasteiger partial charge on any atom is -0.241 e. The fourth-order valence-corrected chi connectivity index (χ4v) is 0.940. The molecule has 0 atom stereocenters. The highest BCUT2D eigenvalue weighted by Gasteiger charge is 1.85. The molecule has 10 heavy (non-hydrogen) atoms. The highest BCUT2D eigenvalue weighted by atomic mass is 127. The lowest BCUT2D eigenvalue weighted by atomic mass is 10.3. The zero-order chi connectivity index (χ0) is 7.40. The lowest BCUT2D eigenvalue weighted by molar-refractivity contribution is 1.48. The van der Waals surface area contributed by atoms with Crippen LogP contribution in [-0.2, 0) is 0 Å². The summed E-state index contributed by atoms with van der Waals surface area (Å²) >= 11 is 2.22. The van der Waals surface area contributed by atoms with E-state index in [4.69, 9.17) is 5.41 Å². The summed E-state index contributed by atoms with van der Waals surface area (Å²) in [5.41, 5.74) is 0.774. The summed E-state index contributed by atoms with van der Waals surface area (Å²) in [6, 6.07) is 9.56. The highest BCUT2D eigenvalue weighted by Crippen LogP contribution is 2.12. The lowest BCUT2D eigenvalue weighted by Crippen LogP contribution is -1.66. The van der Waals surface area contributed by atoms with Gasteiger partial charge in [0.15, 0.2) is 0 Å². The summed E-state index contributed by atoms with van der Waals surface area (Å²) in [6.07, 6.45) is 0. The molecule has 1 aromatic rings. The van der Waals surface area contributed by atoms with Crippen LogP contribution >= 0.6 is 22.6 Å². The van der Waals surface area contributed by atoms with Crippen molar-refractivity contribution in [3.63, 3.8) is 0 Å². The fourth-order valence-electron chi connectivity index (χ4n) is 0.580. The number of nitrogens with one attached hydrogen (secondary N) is 1. The molecule has 0 heterocycles. The maximum atomic E-state index is 6.58. The van der Waals surface area contributed by atoms with Crippen LogP contribution in [0.3, 0.4) is 0 Å². The third-order valence-electron chi connectivity index (χ3n) is 1.01. The van der Waals surface area contributed by atoms with Crippen LogP contribution in [0.25, 0.3) is 0 Å². The number of nitrogens with zero attached hydrogens (tertiary/aromatic N) is 1. The van der Waals surface area contributed by atoms with Gasteiger partial charge < -0.3 is 0 Å². The third-order valence-corrected chi connectivity index (χ3v) is 1.73. The van der Waals surface area contributed by atoms with E-state index in [0.717, 1.165) is 5.69 Å². The summed E-state index contributed by atoms with van der Waals surface area (Å²) in [7, 11) is 0. The van der Waals surface area contributed by atoms with Crippen LogP contribution in [0.4, 0.5) is 5.69 Å². The Hall–Kier alpha value is -0.670. The van der Waals surface area contributed by atoms with Gasteiger partial charge in [0, 0.05) is 3.57 Å². The standard InChI is InChI=1S/C7H5IN2/c8-6-1-3-7(4-2-6)10-5-9/h1-4,9H. The molecule has 2 nitrogen and oxygen atoms in total. The van der Waals surface area contributed by atoms with Crippen LogP contribution in [-0.4, -0.2) is 6.01 Å². The molecule has 0 aromatic heterocycles. The predicted octanol–water partition coefficient (Wildman–Crippen LogP) is 2.68. The zero-order valence-corrected chi connectivity index (χ0v) is 7.29. The predicted molar refractivity (Wildman–Crippen MR) is 49.0 cm³/mol. The van der Waals surface area contributed by atoms with Gasteiger partial charge in [-0.2, -0.15) is 4.99 Å². The molecule has 50 valence electrons. The molecule has 0 aliphatic carbocycles. The second kappa shape index (κ2) is 3.49. The van der Waals surface area contributed by atoms with Crippen LogP contribution in [0.2, 0.25) is 0 Å². The molecule has 0 saturated carbocycles. The van der Waals surface area contributed by atoms with Crippen molar-refractivity contribution in [1.82, 2.24) is 0 Å². The van der Waals surface area contributed by atoms with E-state index in [-0.39, 0.29) is 0 Å². The van der Waals surface area contributed by atoms with Gasteiger partial charge in [-0.05, 0) is 46.9 Å². The molecule has 1 aromatic carbocycles. The number of hydrogen-bond acceptors (Lipinski definition) is 2. The number of aliphatic imine (C=N–C) groups is 1. The summed E-state index contributed by atoms with van der Waals surface area (Å²) in [5.74, 6) is 0. The van der Waals surface area contributed by atoms with Crippen molar-refractivity contribution in [2.45, 2.75) is 0 Å². The van der Waals surface area contributed by atoms with Gasteiger partial charge in [0.2, 0.25) is 0 Å². The molecule has 0 bridgehead atoms. The fraction of sp³-hybridized carbons (Fsp3) is 0. The minimum atomic E-state index is 0.774. The SMILES string of the molecule is N=C=Nc1ccc(I)cc1. The first kappa shape index (κ1) is 7.44. The van der Waals surface area contributed by atoms with Crippen molar-refractivity contribution in [3.8, 4) is 0 Å². The molecular formula is C7H5IN2. The van der Waals surface area contributed by atoms with Crippen molar-refractivity contribution >= 4 is 34.3 Å². The third kappa shape index (κ3) is 1.93. The van der Waals surface area contributed by atoms with E-state index < -0.39 is 0 Å². The Morgan fingerprint density at radius 2 is 1.90 bits per heavy atom. The Bertz CT molecular complexity index is 259. The van der Waals surface area contributed by atoms with Gasteiger partial charge in [0.05, 0.1) is 11.7 Å². The normalized spacial score (nSPS) is 8.50. The summed E-state index contributed by atoms with van der Waals surface area (Å²) < 4.78 is 1.17. The maximum Gasteiger partial charge on any atom is 0.0918 e. The van der Waals surface area contributed by atoms with E-state index in [1.165, 1.54) is 3.57 Å². The molecular weight excluding hydrogens is 239 g/mol. The van der Waals surface area contributed by atoms with Crippen molar-refractivity contribution in [3.05, 3.63) is 27.8 Å². The molecule has 0 aliphatic heterocycles. The van der Waals surface area contributed by atoms with Gasteiger partial charge in [-0.25, -0.2) is 5.41 Å². The molecule has 0 spiro atoms. The first-order valence-corrected chi connectivity index (χ1v) is 3.79. The summed E-state index contributed by atoms with van der Waals surface area (Å²) in [5, 5.41) is 6.58. The van der Waals surface area contributed by atoms with Crippen LogP contribution in [0.5, 0.6) is 0 Å². The van der Waals surface area contributed by atoms with Crippen LogP contribution in [0.1, 0.15) is 0 Å². The van der Waals surface area contributed by atoms with Crippen molar-refractivity contribution in [2.75, 3.05) is 0 Å². The van der Waals surface area contributed by atoms with Crippen molar-refractivity contribution in [2.24, 2.45) is 4.99 Å². The zero-order valence-electron chi connectivity index (χ0n) is 5.13. The Kier molecular flexibility index (Phi) is 2.59. The van der Waals surface area contributed by atoms with Gasteiger partial charge >= 0.3 is 0 Å². The molecule has 3 heteroatoms. The average Bonchev–Trinajstić information content (AvgIpc) is 1.95. The molecule has 1 N–H and O–H groups in total. The number of benzene rings is 1. The quantitative estimate of drug-likeness (QED) is 0.582. The van der Waals surface area contributed by atoms with Crippen LogP contribution < -0.4 is 0 Å². The van der Waals surface area contributed by atoms with Crippen molar-refractivity contribution < 1.29 is 0 Å². The lowest BCUT2D eigenvalue weighted by Gasteiger charge is -1.88. The average molecular weight is 244 g/mol. The van der Waals surface area contributed by atoms with Crippen LogP contribution in [0.15, 0.2) is 29.3 Å². The molecule has 1 rings (SSSR count). The molecule has 0 unspecified atom stereocenters. The van der Waals surface area contributed by atoms with E-state index in [1.807, 2.05) is 30.3 Å². The van der Waals surface area contributed by atoms with E-state index in [0.29, 0.717) is 0 Å². The Labute approximate surface area is 72.6 Å². The Morgan fingerprint density at radius 1 is 1.30 bits per heavy atom. The second-order valence-corrected chi connectivity index (χ2v) is 2.95. The second-order valence-electron chi connectivity index (χ2n) is 1.70. The van der Waals surface area contributed by atoms with Crippen LogP contribution in [0, 0.1) is 8.98 Å². The first-order chi connectivity index (χ1) is 4.83. The molecule has 0 fully saturated rings.